The lowest BCUT2D eigenvalue weighted by atomic mass is 10.2. The highest BCUT2D eigenvalue weighted by Gasteiger charge is 2.28. The quantitative estimate of drug-likeness (QED) is 0.738. The van der Waals surface area contributed by atoms with Crippen molar-refractivity contribution in [1.29, 1.82) is 0 Å². The van der Waals surface area contributed by atoms with Crippen LogP contribution < -0.4 is 11.1 Å². The maximum absolute atomic E-state index is 11.7. The Labute approximate surface area is 103 Å². The van der Waals surface area contributed by atoms with Gasteiger partial charge < -0.3 is 11.1 Å². The Hall–Kier alpha value is -0.540. The molecule has 0 aromatic rings. The second kappa shape index (κ2) is 7.02. The van der Waals surface area contributed by atoms with Gasteiger partial charge in [0, 0.05) is 6.26 Å². The summed E-state index contributed by atoms with van der Waals surface area (Å²) in [5.74, 6) is -1.35. The maximum atomic E-state index is 11.7. The van der Waals surface area contributed by atoms with E-state index in [-0.39, 0.29) is 24.6 Å². The number of hydrogen-bond acceptors (Lipinski definition) is 4. The highest BCUT2D eigenvalue weighted by Crippen LogP contribution is 2.12. The molecule has 0 bridgehead atoms. The van der Waals surface area contributed by atoms with Crippen LogP contribution >= 0.6 is 12.4 Å². The standard InChI is InChI=1S/C7H13F3N2O3S.ClH/c1-16(14,15)3-2-5(11)6(13)12-4-7(8,9)10;/h5H,2-4,11H2,1H3,(H,12,13);1H/t5-;/m1./s1. The number of carbonyl (C=O) groups is 1. The second-order valence-corrected chi connectivity index (χ2v) is 5.62. The van der Waals surface area contributed by atoms with Gasteiger partial charge in [-0.15, -0.1) is 12.4 Å². The minimum atomic E-state index is -4.51. The molecule has 0 radical (unpaired) electrons. The zero-order chi connectivity index (χ0) is 13.0. The van der Waals surface area contributed by atoms with Gasteiger partial charge in [-0.25, -0.2) is 8.42 Å². The molecule has 0 aliphatic heterocycles. The van der Waals surface area contributed by atoms with Crippen LogP contribution in [0.5, 0.6) is 0 Å². The number of rotatable bonds is 5. The van der Waals surface area contributed by atoms with Gasteiger partial charge in [-0.2, -0.15) is 13.2 Å². The molecule has 17 heavy (non-hydrogen) atoms. The molecule has 3 N–H and O–H groups in total. The summed E-state index contributed by atoms with van der Waals surface area (Å²) >= 11 is 0. The number of amides is 1. The highest BCUT2D eigenvalue weighted by molar-refractivity contribution is 7.90. The van der Waals surface area contributed by atoms with Crippen molar-refractivity contribution in [1.82, 2.24) is 5.32 Å². The summed E-state index contributed by atoms with van der Waals surface area (Å²) in [6.45, 7) is -1.47. The number of halogens is 4. The molecule has 0 unspecified atom stereocenters. The van der Waals surface area contributed by atoms with E-state index in [0.29, 0.717) is 0 Å². The first-order valence-electron chi connectivity index (χ1n) is 4.29. The molecule has 0 saturated heterocycles. The van der Waals surface area contributed by atoms with Crippen LogP contribution in [0.4, 0.5) is 13.2 Å². The van der Waals surface area contributed by atoms with Crippen molar-refractivity contribution >= 4 is 28.2 Å². The number of nitrogens with one attached hydrogen (secondary N) is 1. The fourth-order valence-electron chi connectivity index (χ4n) is 0.791. The Morgan fingerprint density at radius 2 is 1.88 bits per heavy atom. The molecule has 1 atom stereocenters. The first kappa shape index (κ1) is 18.8. The van der Waals surface area contributed by atoms with Crippen molar-refractivity contribution < 1.29 is 26.4 Å². The summed E-state index contributed by atoms with van der Waals surface area (Å²) in [5.41, 5.74) is 5.21. The fraction of sp³-hybridized carbons (Fsp3) is 0.857. The van der Waals surface area contributed by atoms with E-state index in [1.165, 1.54) is 0 Å². The van der Waals surface area contributed by atoms with Gasteiger partial charge in [0.2, 0.25) is 5.91 Å². The first-order valence-corrected chi connectivity index (χ1v) is 6.35. The minimum absolute atomic E-state index is 0. The van der Waals surface area contributed by atoms with Crippen LogP contribution in [-0.2, 0) is 14.6 Å². The van der Waals surface area contributed by atoms with Gasteiger partial charge >= 0.3 is 6.18 Å². The molecule has 104 valence electrons. The summed E-state index contributed by atoms with van der Waals surface area (Å²) in [4.78, 5) is 11.0. The smallest absolute Gasteiger partial charge is 0.346 e. The number of nitrogens with two attached hydrogens (primary N) is 1. The Morgan fingerprint density at radius 1 is 1.41 bits per heavy atom. The SMILES string of the molecule is CS(=O)(=O)CC[C@@H](N)C(=O)NCC(F)(F)F.Cl. The first-order chi connectivity index (χ1) is 7.01. The third kappa shape index (κ3) is 11.7. The van der Waals surface area contributed by atoms with E-state index in [1.54, 1.807) is 5.32 Å². The molecule has 0 aromatic carbocycles. The second-order valence-electron chi connectivity index (χ2n) is 3.36. The van der Waals surface area contributed by atoms with Gasteiger partial charge in [0.05, 0.1) is 11.8 Å². The van der Waals surface area contributed by atoms with Crippen molar-refractivity contribution in [2.45, 2.75) is 18.6 Å². The summed E-state index contributed by atoms with van der Waals surface area (Å²) in [6, 6.07) is -1.25. The van der Waals surface area contributed by atoms with Crippen LogP contribution in [0.25, 0.3) is 0 Å². The summed E-state index contributed by atoms with van der Waals surface area (Å²) in [5, 5.41) is 1.57. The Balaban J connectivity index is 0. The van der Waals surface area contributed by atoms with Crippen molar-refractivity contribution in [3.8, 4) is 0 Å². The van der Waals surface area contributed by atoms with E-state index in [0.717, 1.165) is 6.26 Å². The van der Waals surface area contributed by atoms with E-state index >= 15 is 0 Å². The third-order valence-electron chi connectivity index (χ3n) is 1.60. The number of carbonyl (C=O) groups excluding carboxylic acids is 1. The lowest BCUT2D eigenvalue weighted by molar-refractivity contribution is -0.139. The normalized spacial score (nSPS) is 13.7. The van der Waals surface area contributed by atoms with Gasteiger partial charge in [0.25, 0.3) is 0 Å². The van der Waals surface area contributed by atoms with Gasteiger partial charge in [-0.05, 0) is 6.42 Å². The molecular weight excluding hydrogens is 285 g/mol. The highest BCUT2D eigenvalue weighted by atomic mass is 35.5. The Bertz CT molecular complexity index is 345. The molecule has 1 amide bonds. The van der Waals surface area contributed by atoms with Crippen LogP contribution in [0.15, 0.2) is 0 Å². The van der Waals surface area contributed by atoms with Crippen molar-refractivity contribution in [3.05, 3.63) is 0 Å². The molecule has 0 rings (SSSR count). The number of hydrogen-bond donors (Lipinski definition) is 2. The molecule has 0 heterocycles. The molecule has 0 aliphatic carbocycles. The van der Waals surface area contributed by atoms with Crippen molar-refractivity contribution in [3.63, 3.8) is 0 Å². The lowest BCUT2D eigenvalue weighted by Gasteiger charge is -2.12. The molecular formula is C7H14ClF3N2O3S. The molecule has 0 aliphatic rings. The average molecular weight is 299 g/mol. The predicted octanol–water partition coefficient (Wildman–Crippen LogP) is -0.151. The lowest BCUT2D eigenvalue weighted by Crippen LogP contribution is -2.44. The molecule has 0 saturated carbocycles. The Kier molecular flexibility index (Phi) is 7.77. The van der Waals surface area contributed by atoms with Crippen LogP contribution in [-0.4, -0.2) is 45.1 Å². The minimum Gasteiger partial charge on any atom is -0.346 e. The van der Waals surface area contributed by atoms with Crippen LogP contribution in [0.3, 0.4) is 0 Å². The molecule has 10 heteroatoms. The van der Waals surface area contributed by atoms with E-state index in [2.05, 4.69) is 0 Å². The summed E-state index contributed by atoms with van der Waals surface area (Å²) in [6.07, 6.45) is -3.76. The maximum Gasteiger partial charge on any atom is 0.405 e. The summed E-state index contributed by atoms with van der Waals surface area (Å²) in [7, 11) is -3.28. The predicted molar refractivity (Wildman–Crippen MR) is 58.6 cm³/mol. The van der Waals surface area contributed by atoms with Crippen LogP contribution in [0, 0.1) is 0 Å². The largest absolute Gasteiger partial charge is 0.405 e. The number of sulfone groups is 1. The average Bonchev–Trinajstić information content (AvgIpc) is 2.07. The van der Waals surface area contributed by atoms with E-state index in [1.807, 2.05) is 0 Å². The number of alkyl halides is 3. The van der Waals surface area contributed by atoms with Gasteiger partial charge in [0.15, 0.2) is 0 Å². The van der Waals surface area contributed by atoms with Crippen molar-refractivity contribution in [2.24, 2.45) is 5.73 Å². The van der Waals surface area contributed by atoms with E-state index < -0.39 is 34.5 Å². The molecule has 5 nitrogen and oxygen atoms in total. The summed E-state index contributed by atoms with van der Waals surface area (Å²) < 4.78 is 56.5. The van der Waals surface area contributed by atoms with E-state index in [9.17, 15) is 26.4 Å². The van der Waals surface area contributed by atoms with Crippen LogP contribution in [0.2, 0.25) is 0 Å². The zero-order valence-electron chi connectivity index (χ0n) is 8.95. The van der Waals surface area contributed by atoms with Gasteiger partial charge in [-0.3, -0.25) is 4.79 Å². The molecule has 0 spiro atoms. The van der Waals surface area contributed by atoms with Gasteiger partial charge in [0.1, 0.15) is 16.4 Å². The topological polar surface area (TPSA) is 89.3 Å². The van der Waals surface area contributed by atoms with Gasteiger partial charge in [-0.1, -0.05) is 0 Å². The fourth-order valence-corrected chi connectivity index (χ4v) is 1.47. The monoisotopic (exact) mass is 298 g/mol. The van der Waals surface area contributed by atoms with E-state index in [4.69, 9.17) is 5.73 Å². The molecule has 0 fully saturated rings. The third-order valence-corrected chi connectivity index (χ3v) is 2.58. The van der Waals surface area contributed by atoms with Crippen LogP contribution in [0.1, 0.15) is 6.42 Å². The van der Waals surface area contributed by atoms with Crippen molar-refractivity contribution in [2.75, 3.05) is 18.6 Å². The Morgan fingerprint density at radius 3 is 2.24 bits per heavy atom. The zero-order valence-corrected chi connectivity index (χ0v) is 10.6. The molecule has 0 aromatic heterocycles.